The van der Waals surface area contributed by atoms with E-state index in [-0.39, 0.29) is 0 Å². The number of hydrogen-bond acceptors (Lipinski definition) is 2. The van der Waals surface area contributed by atoms with Gasteiger partial charge in [-0.25, -0.2) is 4.39 Å². The van der Waals surface area contributed by atoms with Crippen molar-refractivity contribution in [1.29, 1.82) is 5.41 Å². The summed E-state index contributed by atoms with van der Waals surface area (Å²) >= 11 is 0. The van der Waals surface area contributed by atoms with Gasteiger partial charge >= 0.3 is 0 Å². The highest BCUT2D eigenvalue weighted by Gasteiger charge is 2.02. The second-order valence-corrected chi connectivity index (χ2v) is 1.73. The topological polar surface area (TPSA) is 35.9 Å². The molecular formula is C6H7FN2. The lowest BCUT2D eigenvalue weighted by molar-refractivity contribution is 0.673. The molecule has 0 saturated heterocycles. The van der Waals surface area contributed by atoms with E-state index in [0.29, 0.717) is 18.3 Å². The van der Waals surface area contributed by atoms with Crippen LogP contribution >= 0.6 is 0 Å². The number of hydrogen-bond donors (Lipinski definition) is 2. The molecule has 0 radical (unpaired) electrons. The second-order valence-electron chi connectivity index (χ2n) is 1.73. The third-order valence-corrected chi connectivity index (χ3v) is 1.13. The van der Waals surface area contributed by atoms with E-state index in [9.17, 15) is 4.39 Å². The summed E-state index contributed by atoms with van der Waals surface area (Å²) in [6.45, 7) is 0.501. The molecule has 0 spiro atoms. The predicted molar refractivity (Wildman–Crippen MR) is 34.1 cm³/mol. The van der Waals surface area contributed by atoms with Crippen LogP contribution in [0.3, 0.4) is 0 Å². The Morgan fingerprint density at radius 3 is 3.11 bits per heavy atom. The minimum atomic E-state index is -0.462. The lowest BCUT2D eigenvalue weighted by Crippen LogP contribution is -2.01. The van der Waals surface area contributed by atoms with Crippen molar-refractivity contribution in [2.75, 3.05) is 6.54 Å². The van der Waals surface area contributed by atoms with Gasteiger partial charge < -0.3 is 10.7 Å². The van der Waals surface area contributed by atoms with E-state index in [1.54, 1.807) is 12.3 Å². The highest BCUT2D eigenvalue weighted by molar-refractivity contribution is 5.75. The SMILES string of the molecule is N=C/C(F)=C1/C=CNC1. The molecule has 1 heterocycles. The number of rotatable bonds is 1. The Morgan fingerprint density at radius 1 is 1.89 bits per heavy atom. The average Bonchev–Trinajstić information content (AvgIpc) is 2.37. The van der Waals surface area contributed by atoms with Crippen LogP contribution in [0, 0.1) is 5.41 Å². The van der Waals surface area contributed by atoms with Gasteiger partial charge in [-0.05, 0) is 12.3 Å². The summed E-state index contributed by atoms with van der Waals surface area (Å²) < 4.78 is 12.4. The minimum Gasteiger partial charge on any atom is -0.387 e. The van der Waals surface area contributed by atoms with Gasteiger partial charge in [0.15, 0.2) is 0 Å². The van der Waals surface area contributed by atoms with E-state index >= 15 is 0 Å². The van der Waals surface area contributed by atoms with Crippen LogP contribution in [-0.4, -0.2) is 12.8 Å². The van der Waals surface area contributed by atoms with E-state index in [2.05, 4.69) is 5.32 Å². The summed E-state index contributed by atoms with van der Waals surface area (Å²) in [5.41, 5.74) is 0.546. The summed E-state index contributed by atoms with van der Waals surface area (Å²) in [5.74, 6) is -0.462. The summed E-state index contributed by atoms with van der Waals surface area (Å²) in [5, 5.41) is 9.36. The Hall–Kier alpha value is -1.12. The van der Waals surface area contributed by atoms with E-state index in [1.165, 1.54) is 0 Å². The van der Waals surface area contributed by atoms with Crippen LogP contribution in [-0.2, 0) is 0 Å². The summed E-state index contributed by atoms with van der Waals surface area (Å²) in [6.07, 6.45) is 4.01. The lowest BCUT2D eigenvalue weighted by Gasteiger charge is -1.91. The Balaban J connectivity index is 2.79. The van der Waals surface area contributed by atoms with Crippen molar-refractivity contribution in [2.24, 2.45) is 0 Å². The Morgan fingerprint density at radius 2 is 2.67 bits per heavy atom. The monoisotopic (exact) mass is 126 g/mol. The van der Waals surface area contributed by atoms with Crippen molar-refractivity contribution in [3.63, 3.8) is 0 Å². The van der Waals surface area contributed by atoms with Gasteiger partial charge in [0.1, 0.15) is 5.83 Å². The Kier molecular flexibility index (Phi) is 1.63. The zero-order chi connectivity index (χ0) is 6.69. The smallest absolute Gasteiger partial charge is 0.145 e. The van der Waals surface area contributed by atoms with Crippen LogP contribution in [0.2, 0.25) is 0 Å². The van der Waals surface area contributed by atoms with Gasteiger partial charge in [-0.2, -0.15) is 0 Å². The molecule has 0 aromatic rings. The Bertz CT molecular complexity index is 181. The molecule has 0 aromatic heterocycles. The van der Waals surface area contributed by atoms with Crippen molar-refractivity contribution in [1.82, 2.24) is 5.32 Å². The molecular weight excluding hydrogens is 119 g/mol. The predicted octanol–water partition coefficient (Wildman–Crippen LogP) is 0.976. The van der Waals surface area contributed by atoms with Crippen LogP contribution in [0.15, 0.2) is 23.7 Å². The molecule has 0 unspecified atom stereocenters. The molecule has 2 N–H and O–H groups in total. The van der Waals surface area contributed by atoms with Gasteiger partial charge in [0, 0.05) is 12.1 Å². The fourth-order valence-corrected chi connectivity index (χ4v) is 0.644. The first-order valence-corrected chi connectivity index (χ1v) is 2.63. The third kappa shape index (κ3) is 1.16. The zero-order valence-electron chi connectivity index (χ0n) is 4.82. The molecule has 0 aromatic carbocycles. The van der Waals surface area contributed by atoms with E-state index < -0.39 is 5.83 Å². The maximum absolute atomic E-state index is 12.4. The molecule has 2 nitrogen and oxygen atoms in total. The van der Waals surface area contributed by atoms with Gasteiger partial charge in [-0.1, -0.05) is 0 Å². The van der Waals surface area contributed by atoms with Crippen LogP contribution in [0.25, 0.3) is 0 Å². The molecule has 3 heteroatoms. The van der Waals surface area contributed by atoms with Gasteiger partial charge in [-0.15, -0.1) is 0 Å². The second kappa shape index (κ2) is 2.44. The highest BCUT2D eigenvalue weighted by atomic mass is 19.1. The molecule has 0 amide bonds. The fraction of sp³-hybridized carbons (Fsp3) is 0.167. The summed E-state index contributed by atoms with van der Waals surface area (Å²) in [7, 11) is 0. The normalized spacial score (nSPS) is 21.4. The van der Waals surface area contributed by atoms with Crippen molar-refractivity contribution in [3.8, 4) is 0 Å². The third-order valence-electron chi connectivity index (χ3n) is 1.13. The first kappa shape index (κ1) is 6.01. The molecule has 0 bridgehead atoms. The van der Waals surface area contributed by atoms with Crippen molar-refractivity contribution < 1.29 is 4.39 Å². The average molecular weight is 126 g/mol. The maximum Gasteiger partial charge on any atom is 0.145 e. The van der Waals surface area contributed by atoms with E-state index in [1.807, 2.05) is 0 Å². The molecule has 1 aliphatic rings. The molecule has 9 heavy (non-hydrogen) atoms. The Labute approximate surface area is 52.6 Å². The fourth-order valence-electron chi connectivity index (χ4n) is 0.644. The molecule has 0 aliphatic carbocycles. The van der Waals surface area contributed by atoms with Crippen LogP contribution < -0.4 is 5.32 Å². The van der Waals surface area contributed by atoms with Crippen LogP contribution in [0.1, 0.15) is 0 Å². The lowest BCUT2D eigenvalue weighted by atomic mass is 10.2. The molecule has 1 aliphatic heterocycles. The summed E-state index contributed by atoms with van der Waals surface area (Å²) in [4.78, 5) is 0. The zero-order valence-corrected chi connectivity index (χ0v) is 4.82. The first-order chi connectivity index (χ1) is 4.34. The molecule has 0 fully saturated rings. The van der Waals surface area contributed by atoms with Crippen molar-refractivity contribution in [2.45, 2.75) is 0 Å². The molecule has 48 valence electrons. The van der Waals surface area contributed by atoms with E-state index in [4.69, 9.17) is 5.41 Å². The number of nitrogens with one attached hydrogen (secondary N) is 2. The molecule has 0 atom stereocenters. The van der Waals surface area contributed by atoms with Crippen molar-refractivity contribution in [3.05, 3.63) is 23.7 Å². The highest BCUT2D eigenvalue weighted by Crippen LogP contribution is 2.07. The standard InChI is InChI=1S/C6H7FN2/c7-6(3-8)5-1-2-9-4-5/h1-3,8-9H,4H2/b6-5+,8-3?. The molecule has 0 saturated carbocycles. The largest absolute Gasteiger partial charge is 0.387 e. The first-order valence-electron chi connectivity index (χ1n) is 2.63. The van der Waals surface area contributed by atoms with Gasteiger partial charge in [0.05, 0.1) is 6.21 Å². The van der Waals surface area contributed by atoms with Gasteiger partial charge in [0.25, 0.3) is 0 Å². The van der Waals surface area contributed by atoms with E-state index in [0.717, 1.165) is 0 Å². The number of halogens is 1. The van der Waals surface area contributed by atoms with Gasteiger partial charge in [-0.3, -0.25) is 0 Å². The maximum atomic E-state index is 12.4. The summed E-state index contributed by atoms with van der Waals surface area (Å²) in [6, 6.07) is 0. The van der Waals surface area contributed by atoms with Crippen molar-refractivity contribution >= 4 is 6.21 Å². The minimum absolute atomic E-state index is 0.462. The number of allylic oxidation sites excluding steroid dienone is 1. The van der Waals surface area contributed by atoms with Crippen LogP contribution in [0.4, 0.5) is 4.39 Å². The van der Waals surface area contributed by atoms with Crippen LogP contribution in [0.5, 0.6) is 0 Å². The quantitative estimate of drug-likeness (QED) is 0.505. The van der Waals surface area contributed by atoms with Gasteiger partial charge in [0.2, 0.25) is 0 Å². The molecule has 1 rings (SSSR count).